The zero-order valence-electron chi connectivity index (χ0n) is 17.6. The van der Waals surface area contributed by atoms with Gasteiger partial charge in [0, 0.05) is 18.7 Å². The number of carbonyl (C=O) groups excluding carboxylic acids is 1. The van der Waals surface area contributed by atoms with Crippen molar-refractivity contribution in [3.63, 3.8) is 0 Å². The molecule has 14 heteroatoms. The van der Waals surface area contributed by atoms with Crippen molar-refractivity contribution in [3.05, 3.63) is 45.8 Å². The Labute approximate surface area is 188 Å². The van der Waals surface area contributed by atoms with E-state index in [4.69, 9.17) is 4.74 Å². The normalized spacial score (nSPS) is 15.3. The third-order valence-corrected chi connectivity index (χ3v) is 5.26. The van der Waals surface area contributed by atoms with E-state index in [1.54, 1.807) is 6.92 Å². The van der Waals surface area contributed by atoms with Crippen LogP contribution in [0.1, 0.15) is 30.9 Å². The van der Waals surface area contributed by atoms with E-state index in [-0.39, 0.29) is 44.4 Å². The van der Waals surface area contributed by atoms with Crippen LogP contribution in [-0.4, -0.2) is 40.6 Å². The number of rotatable bonds is 5. The zero-order chi connectivity index (χ0) is 25.3. The van der Waals surface area contributed by atoms with E-state index in [1.807, 2.05) is 0 Å². The topological polar surface area (TPSA) is 98.5 Å². The summed E-state index contributed by atoms with van der Waals surface area (Å²) in [6, 6.07) is 0.681. The highest BCUT2D eigenvalue weighted by Gasteiger charge is 2.39. The van der Waals surface area contributed by atoms with Gasteiger partial charge in [0.15, 0.2) is 5.69 Å². The van der Waals surface area contributed by atoms with Crippen molar-refractivity contribution in [2.75, 3.05) is 24.6 Å². The average molecular weight is 492 g/mol. The molecule has 0 bridgehead atoms. The van der Waals surface area contributed by atoms with Crippen molar-refractivity contribution in [3.8, 4) is 11.3 Å². The number of alkyl halides is 6. The fourth-order valence-electron chi connectivity index (χ4n) is 3.66. The molecule has 1 aromatic carbocycles. The number of anilines is 1. The first kappa shape index (κ1) is 25.2. The summed E-state index contributed by atoms with van der Waals surface area (Å²) in [5.74, 6) is -1.11. The van der Waals surface area contributed by atoms with Crippen LogP contribution in [0.2, 0.25) is 0 Å². The van der Waals surface area contributed by atoms with Crippen LogP contribution >= 0.6 is 0 Å². The molecule has 0 unspecified atom stereocenters. The van der Waals surface area contributed by atoms with Gasteiger partial charge in [0.2, 0.25) is 5.82 Å². The maximum Gasteiger partial charge on any atom is 0.416 e. The first-order chi connectivity index (χ1) is 15.8. The summed E-state index contributed by atoms with van der Waals surface area (Å²) in [4.78, 5) is 31.8. The molecule has 0 spiro atoms. The molecule has 2 heterocycles. The van der Waals surface area contributed by atoms with Gasteiger partial charge in [-0.25, -0.2) is 9.97 Å². The van der Waals surface area contributed by atoms with Crippen molar-refractivity contribution < 1.29 is 40.8 Å². The molecule has 0 aliphatic carbocycles. The molecule has 0 N–H and O–H groups in total. The van der Waals surface area contributed by atoms with Crippen molar-refractivity contribution in [1.29, 1.82) is 0 Å². The molecule has 1 aromatic heterocycles. The fraction of sp³-hybridized carbons (Fsp3) is 0.450. The van der Waals surface area contributed by atoms with E-state index in [0.717, 1.165) is 6.33 Å². The number of nitro groups is 1. The van der Waals surface area contributed by atoms with Crippen LogP contribution in [-0.2, 0) is 21.9 Å². The third-order valence-electron chi connectivity index (χ3n) is 5.26. The first-order valence-corrected chi connectivity index (χ1v) is 10.0. The van der Waals surface area contributed by atoms with Gasteiger partial charge in [-0.05, 0) is 38.0 Å². The highest BCUT2D eigenvalue weighted by atomic mass is 19.4. The minimum atomic E-state index is -5.13. The Morgan fingerprint density at radius 3 is 2.12 bits per heavy atom. The lowest BCUT2D eigenvalue weighted by molar-refractivity contribution is -0.383. The Kier molecular flexibility index (Phi) is 6.98. The second-order valence-electron chi connectivity index (χ2n) is 7.46. The number of aromatic nitrogens is 2. The standard InChI is InChI=1S/C20H18F6N4O4/c1-2-34-18(31)11-3-5-29(6-4-11)17-16(30(32)33)15(27-10-28-17)12-7-13(19(21,22)23)9-14(8-12)20(24,25)26/h7-11H,2-6H2,1H3. The number of hydrogen-bond donors (Lipinski definition) is 0. The van der Waals surface area contributed by atoms with Crippen molar-refractivity contribution in [2.24, 2.45) is 5.92 Å². The highest BCUT2D eigenvalue weighted by molar-refractivity contribution is 5.78. The van der Waals surface area contributed by atoms with Crippen LogP contribution in [0.5, 0.6) is 0 Å². The summed E-state index contributed by atoms with van der Waals surface area (Å²) in [5, 5.41) is 11.9. The van der Waals surface area contributed by atoms with Crippen LogP contribution in [0, 0.1) is 16.0 Å². The number of hydrogen-bond acceptors (Lipinski definition) is 7. The smallest absolute Gasteiger partial charge is 0.416 e. The largest absolute Gasteiger partial charge is 0.466 e. The van der Waals surface area contributed by atoms with Crippen LogP contribution in [0.4, 0.5) is 37.8 Å². The maximum absolute atomic E-state index is 13.3. The summed E-state index contributed by atoms with van der Waals surface area (Å²) < 4.78 is 84.5. The number of ether oxygens (including phenoxy) is 1. The van der Waals surface area contributed by atoms with Gasteiger partial charge in [-0.1, -0.05) is 0 Å². The van der Waals surface area contributed by atoms with Gasteiger partial charge in [0.05, 0.1) is 28.6 Å². The van der Waals surface area contributed by atoms with Gasteiger partial charge in [-0.2, -0.15) is 26.3 Å². The molecule has 184 valence electrons. The second kappa shape index (κ2) is 9.43. The predicted molar refractivity (Wildman–Crippen MR) is 106 cm³/mol. The predicted octanol–water partition coefficient (Wildman–Crippen LogP) is 4.87. The van der Waals surface area contributed by atoms with E-state index in [0.29, 0.717) is 12.1 Å². The van der Waals surface area contributed by atoms with E-state index >= 15 is 0 Å². The average Bonchev–Trinajstić information content (AvgIpc) is 2.77. The van der Waals surface area contributed by atoms with Crippen molar-refractivity contribution in [2.45, 2.75) is 32.1 Å². The molecular formula is C20H18F6N4O4. The number of carbonyl (C=O) groups is 1. The number of nitrogens with zero attached hydrogens (tertiary/aromatic N) is 4. The van der Waals surface area contributed by atoms with Gasteiger partial charge in [0.1, 0.15) is 6.33 Å². The van der Waals surface area contributed by atoms with E-state index in [1.165, 1.54) is 4.90 Å². The molecule has 3 rings (SSSR count). The minimum absolute atomic E-state index is 0.0718. The Morgan fingerprint density at radius 2 is 1.65 bits per heavy atom. The molecule has 8 nitrogen and oxygen atoms in total. The van der Waals surface area contributed by atoms with Gasteiger partial charge in [-0.3, -0.25) is 14.9 Å². The minimum Gasteiger partial charge on any atom is -0.466 e. The van der Waals surface area contributed by atoms with Crippen LogP contribution in [0.25, 0.3) is 11.3 Å². The lowest BCUT2D eigenvalue weighted by Gasteiger charge is -2.31. The Bertz CT molecular complexity index is 1050. The number of piperidine rings is 1. The summed E-state index contributed by atoms with van der Waals surface area (Å²) in [5.41, 5.74) is -5.48. The van der Waals surface area contributed by atoms with Crippen LogP contribution in [0.15, 0.2) is 24.5 Å². The van der Waals surface area contributed by atoms with Crippen LogP contribution in [0.3, 0.4) is 0 Å². The fourth-order valence-corrected chi connectivity index (χ4v) is 3.66. The monoisotopic (exact) mass is 492 g/mol. The van der Waals surface area contributed by atoms with Crippen LogP contribution < -0.4 is 4.90 Å². The van der Waals surface area contributed by atoms with Gasteiger partial charge in [-0.15, -0.1) is 0 Å². The number of halogens is 6. The van der Waals surface area contributed by atoms with E-state index < -0.39 is 57.2 Å². The highest BCUT2D eigenvalue weighted by Crippen LogP contribution is 2.42. The SMILES string of the molecule is CCOC(=O)C1CCN(c2ncnc(-c3cc(C(F)(F)F)cc(C(F)(F)F)c3)c2[N+](=O)[O-])CC1. The molecule has 0 amide bonds. The Hall–Kier alpha value is -3.45. The van der Waals surface area contributed by atoms with Gasteiger partial charge < -0.3 is 9.64 Å². The van der Waals surface area contributed by atoms with Gasteiger partial charge in [0.25, 0.3) is 0 Å². The number of benzene rings is 1. The maximum atomic E-state index is 13.3. The molecule has 1 saturated heterocycles. The molecule has 0 atom stereocenters. The molecular weight excluding hydrogens is 474 g/mol. The number of esters is 1. The van der Waals surface area contributed by atoms with Gasteiger partial charge >= 0.3 is 24.0 Å². The molecule has 0 radical (unpaired) electrons. The second-order valence-corrected chi connectivity index (χ2v) is 7.46. The lowest BCUT2D eigenvalue weighted by atomic mass is 9.96. The zero-order valence-corrected chi connectivity index (χ0v) is 17.6. The molecule has 1 fully saturated rings. The first-order valence-electron chi connectivity index (χ1n) is 10.0. The molecule has 1 aliphatic heterocycles. The summed E-state index contributed by atoms with van der Waals surface area (Å²) in [6.07, 6.45) is -8.87. The quantitative estimate of drug-likeness (QED) is 0.254. The molecule has 34 heavy (non-hydrogen) atoms. The van der Waals surface area contributed by atoms with E-state index in [2.05, 4.69) is 9.97 Å². The van der Waals surface area contributed by atoms with E-state index in [9.17, 15) is 41.3 Å². The summed E-state index contributed by atoms with van der Waals surface area (Å²) >= 11 is 0. The molecule has 2 aromatic rings. The molecule has 1 aliphatic rings. The van der Waals surface area contributed by atoms with Crippen molar-refractivity contribution in [1.82, 2.24) is 9.97 Å². The molecule has 0 saturated carbocycles. The van der Waals surface area contributed by atoms with Crippen molar-refractivity contribution >= 4 is 17.5 Å². The Morgan fingerprint density at radius 1 is 1.09 bits per heavy atom. The summed E-state index contributed by atoms with van der Waals surface area (Å²) in [6.45, 7) is 2.11. The lowest BCUT2D eigenvalue weighted by Crippen LogP contribution is -2.37. The Balaban J connectivity index is 2.06. The third kappa shape index (κ3) is 5.37. The summed E-state index contributed by atoms with van der Waals surface area (Å²) in [7, 11) is 0.